The van der Waals surface area contributed by atoms with Crippen molar-refractivity contribution in [3.05, 3.63) is 29.8 Å². The molecule has 1 amide bonds. The van der Waals surface area contributed by atoms with Crippen LogP contribution >= 0.6 is 0 Å². The summed E-state index contributed by atoms with van der Waals surface area (Å²) < 4.78 is 0. The number of amides is 1. The fraction of sp³-hybridized carbons (Fsp3) is 0.533. The van der Waals surface area contributed by atoms with Gasteiger partial charge in [0.05, 0.1) is 5.60 Å². The van der Waals surface area contributed by atoms with Gasteiger partial charge in [0.1, 0.15) is 0 Å². The van der Waals surface area contributed by atoms with Gasteiger partial charge in [-0.15, -0.1) is 0 Å². The Kier molecular flexibility index (Phi) is 5.83. The van der Waals surface area contributed by atoms with Crippen LogP contribution < -0.4 is 11.1 Å². The van der Waals surface area contributed by atoms with Crippen molar-refractivity contribution in [2.45, 2.75) is 45.1 Å². The zero-order valence-electron chi connectivity index (χ0n) is 11.8. The van der Waals surface area contributed by atoms with Crippen molar-refractivity contribution in [3.63, 3.8) is 0 Å². The van der Waals surface area contributed by atoms with Gasteiger partial charge in [0.25, 0.3) is 0 Å². The molecular weight excluding hydrogens is 240 g/mol. The Hall–Kier alpha value is -1.55. The number of nitrogen functional groups attached to an aromatic ring is 1. The van der Waals surface area contributed by atoms with Crippen molar-refractivity contribution >= 4 is 11.6 Å². The molecule has 19 heavy (non-hydrogen) atoms. The summed E-state index contributed by atoms with van der Waals surface area (Å²) in [5.41, 5.74) is 6.64. The minimum Gasteiger partial charge on any atom is -0.399 e. The van der Waals surface area contributed by atoms with Crippen molar-refractivity contribution in [2.24, 2.45) is 0 Å². The largest absolute Gasteiger partial charge is 0.399 e. The summed E-state index contributed by atoms with van der Waals surface area (Å²) in [5.74, 6) is -0.0304. The minimum absolute atomic E-state index is 0.0304. The maximum atomic E-state index is 11.7. The number of hydrogen-bond donors (Lipinski definition) is 3. The first kappa shape index (κ1) is 15.5. The first-order chi connectivity index (χ1) is 8.99. The highest BCUT2D eigenvalue weighted by atomic mass is 16.3. The number of anilines is 1. The lowest BCUT2D eigenvalue weighted by molar-refractivity contribution is -0.122. The fourth-order valence-electron chi connectivity index (χ4n) is 1.79. The summed E-state index contributed by atoms with van der Waals surface area (Å²) in [6, 6.07) is 7.52. The van der Waals surface area contributed by atoms with Gasteiger partial charge in [-0.2, -0.15) is 0 Å². The highest BCUT2D eigenvalue weighted by Crippen LogP contribution is 2.13. The van der Waals surface area contributed by atoms with Crippen LogP contribution in [-0.2, 0) is 11.2 Å². The van der Waals surface area contributed by atoms with Gasteiger partial charge in [0.15, 0.2) is 0 Å². The normalized spacial score (nSPS) is 11.3. The predicted molar refractivity (Wildman–Crippen MR) is 77.7 cm³/mol. The number of benzene rings is 1. The van der Waals surface area contributed by atoms with Crippen LogP contribution in [0.15, 0.2) is 24.3 Å². The summed E-state index contributed by atoms with van der Waals surface area (Å²) in [6.07, 6.45) is 2.39. The van der Waals surface area contributed by atoms with E-state index in [1.165, 1.54) is 0 Å². The molecule has 0 bridgehead atoms. The van der Waals surface area contributed by atoms with E-state index in [0.717, 1.165) is 11.3 Å². The van der Waals surface area contributed by atoms with E-state index in [1.807, 2.05) is 38.1 Å². The molecule has 0 aliphatic rings. The van der Waals surface area contributed by atoms with Crippen LogP contribution in [-0.4, -0.2) is 23.2 Å². The molecular formula is C15H24N2O2. The van der Waals surface area contributed by atoms with Crippen LogP contribution in [0, 0.1) is 0 Å². The fourth-order valence-corrected chi connectivity index (χ4v) is 1.79. The molecule has 1 aromatic rings. The van der Waals surface area contributed by atoms with Gasteiger partial charge in [-0.1, -0.05) is 26.0 Å². The molecule has 4 heteroatoms. The van der Waals surface area contributed by atoms with Crippen LogP contribution in [0.1, 0.15) is 38.7 Å². The van der Waals surface area contributed by atoms with E-state index < -0.39 is 5.60 Å². The van der Waals surface area contributed by atoms with Crippen LogP contribution in [0.5, 0.6) is 0 Å². The van der Waals surface area contributed by atoms with Crippen LogP contribution in [0.3, 0.4) is 0 Å². The lowest BCUT2D eigenvalue weighted by Gasteiger charge is -2.25. The molecule has 0 aromatic heterocycles. The number of carbonyl (C=O) groups excluding carboxylic acids is 1. The predicted octanol–water partition coefficient (Wildman–Crippen LogP) is 1.87. The summed E-state index contributed by atoms with van der Waals surface area (Å²) in [6.45, 7) is 4.16. The smallest absolute Gasteiger partial charge is 0.220 e. The molecule has 0 unspecified atom stereocenters. The highest BCUT2D eigenvalue weighted by molar-refractivity contribution is 5.76. The molecule has 4 nitrogen and oxygen atoms in total. The molecule has 0 atom stereocenters. The summed E-state index contributed by atoms with van der Waals surface area (Å²) in [7, 11) is 0. The third-order valence-corrected chi connectivity index (χ3v) is 3.55. The van der Waals surface area contributed by atoms with Crippen LogP contribution in [0.25, 0.3) is 0 Å². The number of hydrogen-bond acceptors (Lipinski definition) is 3. The second-order valence-corrected chi connectivity index (χ2v) is 4.95. The summed E-state index contributed by atoms with van der Waals surface area (Å²) in [4.78, 5) is 11.7. The molecule has 0 fully saturated rings. The van der Waals surface area contributed by atoms with E-state index in [4.69, 9.17) is 5.73 Å². The van der Waals surface area contributed by atoms with E-state index in [1.54, 1.807) is 0 Å². The molecule has 0 saturated carbocycles. The maximum Gasteiger partial charge on any atom is 0.220 e. The van der Waals surface area contributed by atoms with Crippen LogP contribution in [0.4, 0.5) is 5.69 Å². The molecule has 1 rings (SSSR count). The number of nitrogens with two attached hydrogens (primary N) is 1. The zero-order chi connectivity index (χ0) is 14.3. The van der Waals surface area contributed by atoms with Gasteiger partial charge in [0.2, 0.25) is 5.91 Å². The Bertz CT molecular complexity index is 397. The second-order valence-electron chi connectivity index (χ2n) is 4.95. The Balaban J connectivity index is 2.34. The van der Waals surface area contributed by atoms with Crippen molar-refractivity contribution < 1.29 is 9.90 Å². The molecule has 1 aromatic carbocycles. The maximum absolute atomic E-state index is 11.7. The van der Waals surface area contributed by atoms with Gasteiger partial charge < -0.3 is 16.2 Å². The number of rotatable bonds is 7. The van der Waals surface area contributed by atoms with Crippen LogP contribution in [0.2, 0.25) is 0 Å². The Morgan fingerprint density at radius 3 is 2.37 bits per heavy atom. The number of nitrogens with one attached hydrogen (secondary N) is 1. The Labute approximate surface area is 115 Å². The van der Waals surface area contributed by atoms with Gasteiger partial charge in [-0.25, -0.2) is 0 Å². The molecule has 106 valence electrons. The molecule has 0 aliphatic heterocycles. The quantitative estimate of drug-likeness (QED) is 0.658. The Morgan fingerprint density at radius 1 is 1.26 bits per heavy atom. The van der Waals surface area contributed by atoms with Gasteiger partial charge in [-0.3, -0.25) is 4.79 Å². The van der Waals surface area contributed by atoms with E-state index in [0.29, 0.717) is 32.2 Å². The van der Waals surface area contributed by atoms with E-state index in [9.17, 15) is 9.90 Å². The molecule has 4 N–H and O–H groups in total. The average molecular weight is 264 g/mol. The van der Waals surface area contributed by atoms with Crippen molar-refractivity contribution in [1.82, 2.24) is 5.32 Å². The standard InChI is InChI=1S/C15H24N2O2/c1-3-15(19,4-2)11-17-14(18)10-7-12-5-8-13(16)9-6-12/h5-6,8-9,19H,3-4,7,10-11,16H2,1-2H3,(H,17,18). The summed E-state index contributed by atoms with van der Waals surface area (Å²) >= 11 is 0. The number of aliphatic hydroxyl groups is 1. The number of carbonyl (C=O) groups is 1. The molecule has 0 saturated heterocycles. The second kappa shape index (κ2) is 7.14. The third-order valence-electron chi connectivity index (χ3n) is 3.55. The first-order valence-corrected chi connectivity index (χ1v) is 6.82. The lowest BCUT2D eigenvalue weighted by atomic mass is 9.97. The van der Waals surface area contributed by atoms with Crippen molar-refractivity contribution in [2.75, 3.05) is 12.3 Å². The molecule has 0 aliphatic carbocycles. The van der Waals surface area contributed by atoms with E-state index >= 15 is 0 Å². The zero-order valence-corrected chi connectivity index (χ0v) is 11.8. The topological polar surface area (TPSA) is 75.3 Å². The SMILES string of the molecule is CCC(O)(CC)CNC(=O)CCc1ccc(N)cc1. The first-order valence-electron chi connectivity index (χ1n) is 6.82. The van der Waals surface area contributed by atoms with Crippen molar-refractivity contribution in [1.29, 1.82) is 0 Å². The monoisotopic (exact) mass is 264 g/mol. The minimum atomic E-state index is -0.781. The number of aryl methyl sites for hydroxylation is 1. The molecule has 0 heterocycles. The average Bonchev–Trinajstić information content (AvgIpc) is 2.44. The molecule has 0 spiro atoms. The van der Waals surface area contributed by atoms with Crippen molar-refractivity contribution in [3.8, 4) is 0 Å². The van der Waals surface area contributed by atoms with E-state index in [-0.39, 0.29) is 5.91 Å². The van der Waals surface area contributed by atoms with Gasteiger partial charge >= 0.3 is 0 Å². The lowest BCUT2D eigenvalue weighted by Crippen LogP contribution is -2.42. The Morgan fingerprint density at radius 2 is 1.84 bits per heavy atom. The van der Waals surface area contributed by atoms with Gasteiger partial charge in [0, 0.05) is 18.7 Å². The summed E-state index contributed by atoms with van der Waals surface area (Å²) in [5, 5.41) is 12.9. The molecule has 0 radical (unpaired) electrons. The highest BCUT2D eigenvalue weighted by Gasteiger charge is 2.22. The third kappa shape index (κ3) is 5.30. The van der Waals surface area contributed by atoms with E-state index in [2.05, 4.69) is 5.32 Å². The van der Waals surface area contributed by atoms with Gasteiger partial charge in [-0.05, 0) is 37.0 Å².